The highest BCUT2D eigenvalue weighted by Gasteiger charge is 2.19. The predicted octanol–water partition coefficient (Wildman–Crippen LogP) is 1.16. The average molecular weight is 290 g/mol. The molecule has 3 N–H and O–H groups in total. The van der Waals surface area contributed by atoms with Crippen molar-refractivity contribution in [3.8, 4) is 0 Å². The molecular formula is C16H26N4O. The summed E-state index contributed by atoms with van der Waals surface area (Å²) in [6.45, 7) is 9.13. The SMILES string of the molecule is CC(C)CNC(=O)CN1CCN(c2cccc(N)c2)CC1. The molecule has 5 heteroatoms. The number of piperazine rings is 1. The van der Waals surface area contributed by atoms with Crippen LogP contribution in [0.2, 0.25) is 0 Å². The van der Waals surface area contributed by atoms with Gasteiger partial charge < -0.3 is 16.0 Å². The lowest BCUT2D eigenvalue weighted by molar-refractivity contribution is -0.122. The van der Waals surface area contributed by atoms with Gasteiger partial charge in [0.2, 0.25) is 5.91 Å². The summed E-state index contributed by atoms with van der Waals surface area (Å²) >= 11 is 0. The minimum absolute atomic E-state index is 0.126. The van der Waals surface area contributed by atoms with Crippen LogP contribution in [0.4, 0.5) is 11.4 Å². The van der Waals surface area contributed by atoms with Crippen molar-refractivity contribution in [3.63, 3.8) is 0 Å². The summed E-state index contributed by atoms with van der Waals surface area (Å²) in [5.41, 5.74) is 7.79. The van der Waals surface area contributed by atoms with E-state index in [1.807, 2.05) is 18.2 Å². The zero-order valence-electron chi connectivity index (χ0n) is 13.0. The van der Waals surface area contributed by atoms with Gasteiger partial charge in [-0.25, -0.2) is 0 Å². The number of hydrogen-bond acceptors (Lipinski definition) is 4. The Balaban J connectivity index is 1.77. The van der Waals surface area contributed by atoms with E-state index in [0.29, 0.717) is 12.5 Å². The van der Waals surface area contributed by atoms with Crippen LogP contribution >= 0.6 is 0 Å². The van der Waals surface area contributed by atoms with Gasteiger partial charge in [-0.1, -0.05) is 19.9 Å². The Hall–Kier alpha value is -1.75. The molecule has 0 aliphatic carbocycles. The molecule has 0 unspecified atom stereocenters. The first-order chi connectivity index (χ1) is 10.0. The third kappa shape index (κ3) is 4.93. The van der Waals surface area contributed by atoms with Crippen molar-refractivity contribution in [1.82, 2.24) is 10.2 Å². The Morgan fingerprint density at radius 2 is 2.00 bits per heavy atom. The second-order valence-electron chi connectivity index (χ2n) is 6.06. The zero-order valence-corrected chi connectivity index (χ0v) is 13.0. The number of nitrogens with zero attached hydrogens (tertiary/aromatic N) is 2. The fourth-order valence-corrected chi connectivity index (χ4v) is 2.46. The molecule has 2 rings (SSSR count). The summed E-state index contributed by atoms with van der Waals surface area (Å²) in [6.07, 6.45) is 0. The summed E-state index contributed by atoms with van der Waals surface area (Å²) in [7, 11) is 0. The Labute approximate surface area is 127 Å². The number of rotatable bonds is 5. The van der Waals surface area contributed by atoms with E-state index in [9.17, 15) is 4.79 Å². The van der Waals surface area contributed by atoms with Gasteiger partial charge in [-0.15, -0.1) is 0 Å². The van der Waals surface area contributed by atoms with Gasteiger partial charge in [0.25, 0.3) is 0 Å². The van der Waals surface area contributed by atoms with Crippen LogP contribution in [0, 0.1) is 5.92 Å². The van der Waals surface area contributed by atoms with Crippen molar-refractivity contribution in [2.45, 2.75) is 13.8 Å². The van der Waals surface area contributed by atoms with E-state index in [-0.39, 0.29) is 5.91 Å². The molecule has 0 spiro atoms. The first-order valence-corrected chi connectivity index (χ1v) is 7.64. The second-order valence-corrected chi connectivity index (χ2v) is 6.06. The third-order valence-corrected chi connectivity index (χ3v) is 3.68. The third-order valence-electron chi connectivity index (χ3n) is 3.68. The van der Waals surface area contributed by atoms with Gasteiger partial charge in [0.05, 0.1) is 6.54 Å². The zero-order chi connectivity index (χ0) is 15.2. The molecular weight excluding hydrogens is 264 g/mol. The molecule has 1 heterocycles. The molecule has 0 saturated carbocycles. The van der Waals surface area contributed by atoms with Crippen LogP contribution in [0.15, 0.2) is 24.3 Å². The number of nitrogens with one attached hydrogen (secondary N) is 1. The van der Waals surface area contributed by atoms with E-state index < -0.39 is 0 Å². The Kier molecular flexibility index (Phi) is 5.44. The van der Waals surface area contributed by atoms with Gasteiger partial charge in [0, 0.05) is 44.1 Å². The summed E-state index contributed by atoms with van der Waals surface area (Å²) in [5, 5.41) is 2.97. The maximum absolute atomic E-state index is 11.8. The number of benzene rings is 1. The summed E-state index contributed by atoms with van der Waals surface area (Å²) in [5.74, 6) is 0.621. The lowest BCUT2D eigenvalue weighted by atomic mass is 10.2. The fourth-order valence-electron chi connectivity index (χ4n) is 2.46. The minimum Gasteiger partial charge on any atom is -0.399 e. The smallest absolute Gasteiger partial charge is 0.234 e. The number of nitrogens with two attached hydrogens (primary N) is 1. The van der Waals surface area contributed by atoms with Crippen LogP contribution in [-0.2, 0) is 4.79 Å². The monoisotopic (exact) mass is 290 g/mol. The molecule has 0 bridgehead atoms. The van der Waals surface area contributed by atoms with Gasteiger partial charge in [0.1, 0.15) is 0 Å². The van der Waals surface area contributed by atoms with E-state index in [1.165, 1.54) is 5.69 Å². The van der Waals surface area contributed by atoms with E-state index >= 15 is 0 Å². The van der Waals surface area contributed by atoms with Crippen molar-refractivity contribution < 1.29 is 4.79 Å². The number of anilines is 2. The van der Waals surface area contributed by atoms with Crippen molar-refractivity contribution in [2.24, 2.45) is 5.92 Å². The molecule has 0 aromatic heterocycles. The second kappa shape index (κ2) is 7.31. The molecule has 1 fully saturated rings. The normalized spacial score (nSPS) is 16.2. The predicted molar refractivity (Wildman–Crippen MR) is 87.4 cm³/mol. The Morgan fingerprint density at radius 1 is 1.29 bits per heavy atom. The molecule has 1 aromatic rings. The quantitative estimate of drug-likeness (QED) is 0.799. The van der Waals surface area contributed by atoms with E-state index in [2.05, 4.69) is 35.0 Å². The molecule has 116 valence electrons. The van der Waals surface area contributed by atoms with Crippen LogP contribution in [0.5, 0.6) is 0 Å². The topological polar surface area (TPSA) is 61.6 Å². The van der Waals surface area contributed by atoms with Crippen LogP contribution in [-0.4, -0.2) is 50.1 Å². The number of amides is 1. The maximum atomic E-state index is 11.8. The fraction of sp³-hybridized carbons (Fsp3) is 0.562. The number of carbonyl (C=O) groups excluding carboxylic acids is 1. The van der Waals surface area contributed by atoms with Crippen LogP contribution in [0.1, 0.15) is 13.8 Å². The maximum Gasteiger partial charge on any atom is 0.234 e. The van der Waals surface area contributed by atoms with Crippen molar-refractivity contribution >= 4 is 17.3 Å². The molecule has 5 nitrogen and oxygen atoms in total. The molecule has 0 radical (unpaired) electrons. The van der Waals surface area contributed by atoms with Gasteiger partial charge in [-0.3, -0.25) is 9.69 Å². The highest BCUT2D eigenvalue weighted by molar-refractivity contribution is 5.78. The van der Waals surface area contributed by atoms with Gasteiger partial charge in [0.15, 0.2) is 0 Å². The highest BCUT2D eigenvalue weighted by Crippen LogP contribution is 2.18. The lowest BCUT2D eigenvalue weighted by Crippen LogP contribution is -2.49. The van der Waals surface area contributed by atoms with Gasteiger partial charge >= 0.3 is 0 Å². The van der Waals surface area contributed by atoms with E-state index in [4.69, 9.17) is 5.73 Å². The Bertz CT molecular complexity index is 467. The lowest BCUT2D eigenvalue weighted by Gasteiger charge is -2.35. The number of carbonyl (C=O) groups is 1. The number of nitrogen functional groups attached to an aromatic ring is 1. The summed E-state index contributed by atoms with van der Waals surface area (Å²) < 4.78 is 0. The van der Waals surface area contributed by atoms with Crippen molar-refractivity contribution in [3.05, 3.63) is 24.3 Å². The number of hydrogen-bond donors (Lipinski definition) is 2. The Morgan fingerprint density at radius 3 is 2.62 bits per heavy atom. The van der Waals surface area contributed by atoms with Crippen molar-refractivity contribution in [2.75, 3.05) is 49.9 Å². The van der Waals surface area contributed by atoms with Crippen LogP contribution in [0.25, 0.3) is 0 Å². The molecule has 21 heavy (non-hydrogen) atoms. The largest absolute Gasteiger partial charge is 0.399 e. The van der Waals surface area contributed by atoms with E-state index in [0.717, 1.165) is 38.4 Å². The average Bonchev–Trinajstić information content (AvgIpc) is 2.46. The molecule has 1 saturated heterocycles. The molecule has 1 aromatic carbocycles. The minimum atomic E-state index is 0.126. The highest BCUT2D eigenvalue weighted by atomic mass is 16.2. The molecule has 1 amide bonds. The summed E-state index contributed by atoms with van der Waals surface area (Å²) in [4.78, 5) is 16.4. The molecule has 0 atom stereocenters. The van der Waals surface area contributed by atoms with Gasteiger partial charge in [-0.05, 0) is 24.1 Å². The molecule has 1 aliphatic rings. The first-order valence-electron chi connectivity index (χ1n) is 7.64. The first kappa shape index (κ1) is 15.6. The van der Waals surface area contributed by atoms with Crippen LogP contribution < -0.4 is 16.0 Å². The van der Waals surface area contributed by atoms with Crippen LogP contribution in [0.3, 0.4) is 0 Å². The standard InChI is InChI=1S/C16H26N4O/c1-13(2)11-18-16(21)12-19-6-8-20(9-7-19)15-5-3-4-14(17)10-15/h3-5,10,13H,6-9,11-12,17H2,1-2H3,(H,18,21). The summed E-state index contributed by atoms with van der Waals surface area (Å²) in [6, 6.07) is 7.97. The van der Waals surface area contributed by atoms with E-state index in [1.54, 1.807) is 0 Å². The molecule has 1 aliphatic heterocycles. The van der Waals surface area contributed by atoms with Gasteiger partial charge in [-0.2, -0.15) is 0 Å². The van der Waals surface area contributed by atoms with Crippen molar-refractivity contribution in [1.29, 1.82) is 0 Å².